The molecule has 1 atom stereocenters. The molecule has 0 amide bonds. The lowest BCUT2D eigenvalue weighted by atomic mass is 10.3. The third kappa shape index (κ3) is 8.40. The molecule has 0 bridgehead atoms. The number of aliphatic hydroxyl groups excluding tert-OH is 1. The number of rotatable bonds is 9. The highest BCUT2D eigenvalue weighted by molar-refractivity contribution is 9.09. The number of hydrogen-bond donors (Lipinski definition) is 1. The number of unbranched alkanes of at least 4 members (excludes halogenated alkanes) is 1. The van der Waals surface area contributed by atoms with E-state index in [1.807, 2.05) is 0 Å². The molecule has 0 rings (SSSR count). The summed E-state index contributed by atoms with van der Waals surface area (Å²) in [5.41, 5.74) is 0. The Morgan fingerprint density at radius 2 is 1.80 bits per heavy atom. The molecule has 0 fully saturated rings. The Hall–Kier alpha value is 0.590. The van der Waals surface area contributed by atoms with E-state index in [0.717, 1.165) is 12.8 Å². The standard InChI is InChI=1S/C9H20BrO4P/c1-3-13-15(12,14-4-2)8-6-5-7-9(10)11/h9,11H,3-8H2,1-2H3. The number of halogens is 1. The summed E-state index contributed by atoms with van der Waals surface area (Å²) in [6.45, 7) is 4.40. The molecular formula is C9H20BrO4P. The van der Waals surface area contributed by atoms with Gasteiger partial charge in [0.2, 0.25) is 0 Å². The van der Waals surface area contributed by atoms with Gasteiger partial charge in [-0.2, -0.15) is 0 Å². The van der Waals surface area contributed by atoms with E-state index in [2.05, 4.69) is 15.9 Å². The quantitative estimate of drug-likeness (QED) is 0.404. The van der Waals surface area contributed by atoms with Crippen molar-refractivity contribution in [2.24, 2.45) is 0 Å². The van der Waals surface area contributed by atoms with Gasteiger partial charge in [-0.3, -0.25) is 4.57 Å². The van der Waals surface area contributed by atoms with Crippen molar-refractivity contribution in [1.29, 1.82) is 0 Å². The lowest BCUT2D eigenvalue weighted by Crippen LogP contribution is -2.01. The van der Waals surface area contributed by atoms with Gasteiger partial charge in [0.1, 0.15) is 5.01 Å². The molecule has 0 aliphatic carbocycles. The zero-order valence-corrected chi connectivity index (χ0v) is 11.8. The van der Waals surface area contributed by atoms with Gasteiger partial charge in [-0.05, 0) is 33.1 Å². The molecule has 4 nitrogen and oxygen atoms in total. The first-order valence-electron chi connectivity index (χ1n) is 5.24. The van der Waals surface area contributed by atoms with Crippen LogP contribution in [0.1, 0.15) is 33.1 Å². The van der Waals surface area contributed by atoms with Gasteiger partial charge < -0.3 is 14.2 Å². The van der Waals surface area contributed by atoms with E-state index in [1.165, 1.54) is 0 Å². The molecule has 0 spiro atoms. The van der Waals surface area contributed by atoms with Crippen molar-refractivity contribution in [2.75, 3.05) is 19.4 Å². The maximum absolute atomic E-state index is 11.9. The van der Waals surface area contributed by atoms with Crippen LogP contribution < -0.4 is 0 Å². The molecule has 0 aromatic carbocycles. The highest BCUT2D eigenvalue weighted by atomic mass is 79.9. The average Bonchev–Trinajstić information content (AvgIpc) is 2.13. The molecule has 0 saturated heterocycles. The van der Waals surface area contributed by atoms with Crippen molar-refractivity contribution < 1.29 is 18.7 Å². The number of aliphatic hydroxyl groups is 1. The molecule has 0 aliphatic rings. The zero-order chi connectivity index (χ0) is 11.7. The third-order valence-corrected chi connectivity index (χ3v) is 4.40. The molecule has 1 N–H and O–H groups in total. The van der Waals surface area contributed by atoms with Gasteiger partial charge in [-0.25, -0.2) is 0 Å². The maximum atomic E-state index is 11.9. The van der Waals surface area contributed by atoms with E-state index in [9.17, 15) is 4.57 Å². The highest BCUT2D eigenvalue weighted by Crippen LogP contribution is 2.48. The Balaban J connectivity index is 3.80. The minimum Gasteiger partial charge on any atom is -0.382 e. The lowest BCUT2D eigenvalue weighted by molar-refractivity contribution is 0.218. The van der Waals surface area contributed by atoms with Crippen molar-refractivity contribution in [1.82, 2.24) is 0 Å². The van der Waals surface area contributed by atoms with Crippen LogP contribution in [0.2, 0.25) is 0 Å². The first-order valence-corrected chi connectivity index (χ1v) is 7.88. The van der Waals surface area contributed by atoms with Crippen LogP contribution in [0.25, 0.3) is 0 Å². The van der Waals surface area contributed by atoms with Gasteiger partial charge in [-0.1, -0.05) is 15.9 Å². The molecule has 1 unspecified atom stereocenters. The fourth-order valence-electron chi connectivity index (χ4n) is 1.18. The Morgan fingerprint density at radius 3 is 2.20 bits per heavy atom. The van der Waals surface area contributed by atoms with Crippen molar-refractivity contribution >= 4 is 23.5 Å². The van der Waals surface area contributed by atoms with Crippen LogP contribution >= 0.6 is 23.5 Å². The van der Waals surface area contributed by atoms with Gasteiger partial charge in [0.05, 0.1) is 19.4 Å². The van der Waals surface area contributed by atoms with Crippen molar-refractivity contribution in [3.05, 3.63) is 0 Å². The number of hydrogen-bond acceptors (Lipinski definition) is 4. The summed E-state index contributed by atoms with van der Waals surface area (Å²) >= 11 is 3.04. The van der Waals surface area contributed by atoms with Crippen LogP contribution in [0.4, 0.5) is 0 Å². The van der Waals surface area contributed by atoms with Gasteiger partial charge >= 0.3 is 7.60 Å². The molecular weight excluding hydrogens is 283 g/mol. The summed E-state index contributed by atoms with van der Waals surface area (Å²) in [4.78, 5) is 0. The minimum atomic E-state index is -2.88. The molecule has 0 aromatic heterocycles. The first kappa shape index (κ1) is 15.6. The largest absolute Gasteiger partial charge is 0.382 e. The Labute approximate surface area is 100 Å². The predicted molar refractivity (Wildman–Crippen MR) is 64.5 cm³/mol. The third-order valence-electron chi connectivity index (χ3n) is 1.78. The summed E-state index contributed by atoms with van der Waals surface area (Å²) in [6.07, 6.45) is 2.61. The number of alkyl halides is 1. The van der Waals surface area contributed by atoms with Gasteiger partial charge in [-0.15, -0.1) is 0 Å². The van der Waals surface area contributed by atoms with Crippen molar-refractivity contribution in [3.8, 4) is 0 Å². The van der Waals surface area contributed by atoms with Gasteiger partial charge in [0.15, 0.2) is 0 Å². The molecule has 6 heteroatoms. The molecule has 0 heterocycles. The molecule has 15 heavy (non-hydrogen) atoms. The van der Waals surface area contributed by atoms with Crippen LogP contribution in [0.3, 0.4) is 0 Å². The Morgan fingerprint density at radius 1 is 1.27 bits per heavy atom. The second kappa shape index (κ2) is 8.71. The van der Waals surface area contributed by atoms with Crippen LogP contribution in [0.5, 0.6) is 0 Å². The summed E-state index contributed by atoms with van der Waals surface area (Å²) in [5, 5.41) is 8.50. The summed E-state index contributed by atoms with van der Waals surface area (Å²) in [5.74, 6) is 0. The molecule has 0 aromatic rings. The monoisotopic (exact) mass is 302 g/mol. The fourth-order valence-corrected chi connectivity index (χ4v) is 3.23. The zero-order valence-electron chi connectivity index (χ0n) is 9.32. The van der Waals surface area contributed by atoms with Crippen LogP contribution in [0.15, 0.2) is 0 Å². The Kier molecular flexibility index (Phi) is 9.05. The van der Waals surface area contributed by atoms with Crippen molar-refractivity contribution in [3.63, 3.8) is 0 Å². The van der Waals surface area contributed by atoms with Crippen LogP contribution in [-0.4, -0.2) is 29.5 Å². The summed E-state index contributed by atoms with van der Waals surface area (Å²) in [6, 6.07) is 0. The topological polar surface area (TPSA) is 55.8 Å². The first-order chi connectivity index (χ1) is 7.04. The minimum absolute atomic E-state index is 0.401. The van der Waals surface area contributed by atoms with Crippen LogP contribution in [-0.2, 0) is 13.6 Å². The fraction of sp³-hybridized carbons (Fsp3) is 1.00. The second-order valence-electron chi connectivity index (χ2n) is 3.10. The SMILES string of the molecule is CCOP(=O)(CCCCC(O)Br)OCC. The lowest BCUT2D eigenvalue weighted by Gasteiger charge is -2.16. The van der Waals surface area contributed by atoms with Crippen LogP contribution in [0, 0.1) is 0 Å². The predicted octanol–water partition coefficient (Wildman–Crippen LogP) is 3.14. The molecule has 0 saturated carbocycles. The van der Waals surface area contributed by atoms with E-state index in [0.29, 0.717) is 25.8 Å². The molecule has 0 aliphatic heterocycles. The van der Waals surface area contributed by atoms with E-state index in [-0.39, 0.29) is 0 Å². The van der Waals surface area contributed by atoms with E-state index < -0.39 is 12.6 Å². The van der Waals surface area contributed by atoms with Gasteiger partial charge in [0.25, 0.3) is 0 Å². The molecule has 92 valence electrons. The second-order valence-corrected chi connectivity index (χ2v) is 6.34. The van der Waals surface area contributed by atoms with E-state index in [1.54, 1.807) is 13.8 Å². The Bertz CT molecular complexity index is 189. The van der Waals surface area contributed by atoms with E-state index >= 15 is 0 Å². The summed E-state index contributed by atoms with van der Waals surface area (Å²) in [7, 11) is -2.88. The normalized spacial score (nSPS) is 14.1. The average molecular weight is 303 g/mol. The van der Waals surface area contributed by atoms with Gasteiger partial charge in [0, 0.05) is 0 Å². The summed E-state index contributed by atoms with van der Waals surface area (Å²) < 4.78 is 22.2. The van der Waals surface area contributed by atoms with E-state index in [4.69, 9.17) is 14.2 Å². The molecule has 0 radical (unpaired) electrons. The van der Waals surface area contributed by atoms with Crippen molar-refractivity contribution in [2.45, 2.75) is 38.1 Å². The smallest absolute Gasteiger partial charge is 0.330 e. The maximum Gasteiger partial charge on any atom is 0.330 e. The highest BCUT2D eigenvalue weighted by Gasteiger charge is 2.22.